The first-order chi connectivity index (χ1) is 6.83. The maximum absolute atomic E-state index is 11.2. The molecule has 1 amide bonds. The summed E-state index contributed by atoms with van der Waals surface area (Å²) in [4.78, 5) is 11.2. The van der Waals surface area contributed by atoms with Crippen molar-refractivity contribution in [3.05, 3.63) is 0 Å². The van der Waals surface area contributed by atoms with Gasteiger partial charge in [-0.15, -0.1) is 0 Å². The number of carbonyl (C=O) groups excluding carboxylic acids is 1. The highest BCUT2D eigenvalue weighted by atomic mass is 16.5. The molecule has 0 radical (unpaired) electrons. The zero-order valence-electron chi connectivity index (χ0n) is 8.84. The lowest BCUT2D eigenvalue weighted by Crippen LogP contribution is -2.39. The van der Waals surface area contributed by atoms with E-state index in [1.54, 1.807) is 0 Å². The summed E-state index contributed by atoms with van der Waals surface area (Å²) in [6, 6.07) is 0. The summed E-state index contributed by atoms with van der Waals surface area (Å²) >= 11 is 0. The van der Waals surface area contributed by atoms with Crippen molar-refractivity contribution in [2.24, 2.45) is 5.92 Å². The average Bonchev–Trinajstić information content (AvgIpc) is 2.25. The van der Waals surface area contributed by atoms with Gasteiger partial charge >= 0.3 is 0 Å². The zero-order valence-corrected chi connectivity index (χ0v) is 8.84. The molecule has 0 bridgehead atoms. The Labute approximate surface area is 85.4 Å². The second-order valence-electron chi connectivity index (χ2n) is 3.65. The molecule has 4 nitrogen and oxygen atoms in total. The van der Waals surface area contributed by atoms with E-state index in [2.05, 4.69) is 10.6 Å². The van der Waals surface area contributed by atoms with Crippen LogP contribution in [0.2, 0.25) is 0 Å². The first-order valence-electron chi connectivity index (χ1n) is 5.38. The second-order valence-corrected chi connectivity index (χ2v) is 3.65. The van der Waals surface area contributed by atoms with Crippen LogP contribution in [0.1, 0.15) is 19.8 Å². The van der Waals surface area contributed by atoms with Crippen LogP contribution in [0.15, 0.2) is 0 Å². The van der Waals surface area contributed by atoms with Gasteiger partial charge in [0.25, 0.3) is 0 Å². The lowest BCUT2D eigenvalue weighted by atomic mass is 10.00. The van der Waals surface area contributed by atoms with E-state index in [4.69, 9.17) is 4.74 Å². The van der Waals surface area contributed by atoms with Crippen LogP contribution < -0.4 is 10.6 Å². The molecule has 2 N–H and O–H groups in total. The average molecular weight is 200 g/mol. The van der Waals surface area contributed by atoms with Crippen LogP contribution in [-0.2, 0) is 9.53 Å². The van der Waals surface area contributed by atoms with Crippen LogP contribution in [0.5, 0.6) is 0 Å². The predicted octanol–water partition coefficient (Wildman–Crippen LogP) is 0.139. The topological polar surface area (TPSA) is 50.4 Å². The monoisotopic (exact) mass is 200 g/mol. The molecule has 1 aliphatic heterocycles. The highest BCUT2D eigenvalue weighted by molar-refractivity contribution is 5.77. The van der Waals surface area contributed by atoms with Crippen molar-refractivity contribution in [1.82, 2.24) is 10.6 Å². The molecule has 1 saturated heterocycles. The van der Waals surface area contributed by atoms with Crippen molar-refractivity contribution in [1.29, 1.82) is 0 Å². The van der Waals surface area contributed by atoms with E-state index in [-0.39, 0.29) is 12.5 Å². The fraction of sp³-hybridized carbons (Fsp3) is 0.900. The third kappa shape index (κ3) is 4.58. The van der Waals surface area contributed by atoms with E-state index in [1.807, 2.05) is 6.92 Å². The lowest BCUT2D eigenvalue weighted by Gasteiger charge is -2.22. The van der Waals surface area contributed by atoms with E-state index >= 15 is 0 Å². The van der Waals surface area contributed by atoms with Gasteiger partial charge in [0.2, 0.25) is 5.91 Å². The van der Waals surface area contributed by atoms with E-state index < -0.39 is 0 Å². The SMILES string of the molecule is CCOCC(=O)NCC1CCCNC1. The van der Waals surface area contributed by atoms with E-state index in [9.17, 15) is 4.79 Å². The summed E-state index contributed by atoms with van der Waals surface area (Å²) in [6.07, 6.45) is 2.42. The standard InChI is InChI=1S/C10H20N2O2/c1-2-14-8-10(13)12-7-9-4-3-5-11-6-9/h9,11H,2-8H2,1H3,(H,12,13). The van der Waals surface area contributed by atoms with Gasteiger partial charge < -0.3 is 15.4 Å². The summed E-state index contributed by atoms with van der Waals surface area (Å²) in [5, 5.41) is 6.20. The molecule has 0 aromatic carbocycles. The maximum atomic E-state index is 11.2. The Morgan fingerprint density at radius 3 is 3.14 bits per heavy atom. The Bertz CT molecular complexity index is 168. The van der Waals surface area contributed by atoms with E-state index in [1.165, 1.54) is 12.8 Å². The third-order valence-corrected chi connectivity index (χ3v) is 2.42. The van der Waals surface area contributed by atoms with Gasteiger partial charge in [-0.3, -0.25) is 4.79 Å². The first-order valence-corrected chi connectivity index (χ1v) is 5.38. The van der Waals surface area contributed by atoms with Crippen molar-refractivity contribution in [2.45, 2.75) is 19.8 Å². The molecule has 0 aliphatic carbocycles. The van der Waals surface area contributed by atoms with Crippen LogP contribution >= 0.6 is 0 Å². The molecule has 1 aliphatic rings. The number of carbonyl (C=O) groups is 1. The predicted molar refractivity (Wildman–Crippen MR) is 55.1 cm³/mol. The molecular weight excluding hydrogens is 180 g/mol. The van der Waals surface area contributed by atoms with Crippen LogP contribution in [0.4, 0.5) is 0 Å². The largest absolute Gasteiger partial charge is 0.372 e. The molecule has 0 aromatic rings. The second kappa shape index (κ2) is 6.79. The normalized spacial score (nSPS) is 21.9. The smallest absolute Gasteiger partial charge is 0.246 e. The van der Waals surface area contributed by atoms with Crippen molar-refractivity contribution < 1.29 is 9.53 Å². The summed E-state index contributed by atoms with van der Waals surface area (Å²) in [7, 11) is 0. The van der Waals surface area contributed by atoms with Crippen LogP contribution in [0.25, 0.3) is 0 Å². The molecule has 0 spiro atoms. The van der Waals surface area contributed by atoms with Gasteiger partial charge in [-0.2, -0.15) is 0 Å². The Morgan fingerprint density at radius 2 is 2.50 bits per heavy atom. The number of rotatable bonds is 5. The molecule has 4 heteroatoms. The lowest BCUT2D eigenvalue weighted by molar-refractivity contribution is -0.125. The number of ether oxygens (including phenoxy) is 1. The minimum atomic E-state index is -0.00239. The molecule has 0 saturated carbocycles. The van der Waals surface area contributed by atoms with Crippen LogP contribution in [0, 0.1) is 5.92 Å². The molecule has 1 rings (SSSR count). The number of hydrogen-bond acceptors (Lipinski definition) is 3. The highest BCUT2D eigenvalue weighted by Gasteiger charge is 2.13. The van der Waals surface area contributed by atoms with E-state index in [0.29, 0.717) is 12.5 Å². The molecule has 14 heavy (non-hydrogen) atoms. The van der Waals surface area contributed by atoms with Gasteiger partial charge in [0.15, 0.2) is 0 Å². The minimum Gasteiger partial charge on any atom is -0.372 e. The van der Waals surface area contributed by atoms with Crippen LogP contribution in [-0.4, -0.2) is 38.8 Å². The number of amides is 1. The van der Waals surface area contributed by atoms with Crippen molar-refractivity contribution in [2.75, 3.05) is 32.8 Å². The molecule has 1 fully saturated rings. The summed E-state index contributed by atoms with van der Waals surface area (Å²) in [5.74, 6) is 0.590. The van der Waals surface area contributed by atoms with Gasteiger partial charge in [-0.25, -0.2) is 0 Å². The first kappa shape index (κ1) is 11.5. The Kier molecular flexibility index (Phi) is 5.56. The Morgan fingerprint density at radius 1 is 1.64 bits per heavy atom. The molecule has 82 valence electrons. The summed E-state index contributed by atoms with van der Waals surface area (Å²) in [5.41, 5.74) is 0. The number of hydrogen-bond donors (Lipinski definition) is 2. The maximum Gasteiger partial charge on any atom is 0.246 e. The molecule has 1 heterocycles. The number of piperidine rings is 1. The van der Waals surface area contributed by atoms with Gasteiger partial charge in [-0.1, -0.05) is 0 Å². The Hall–Kier alpha value is -0.610. The third-order valence-electron chi connectivity index (χ3n) is 2.42. The van der Waals surface area contributed by atoms with Gasteiger partial charge in [0.05, 0.1) is 0 Å². The molecule has 0 aromatic heterocycles. The fourth-order valence-electron chi connectivity index (χ4n) is 1.60. The van der Waals surface area contributed by atoms with Crippen molar-refractivity contribution in [3.8, 4) is 0 Å². The number of nitrogens with one attached hydrogen (secondary N) is 2. The Balaban J connectivity index is 2.03. The quantitative estimate of drug-likeness (QED) is 0.663. The molecular formula is C10H20N2O2. The fourth-order valence-corrected chi connectivity index (χ4v) is 1.60. The summed E-state index contributed by atoms with van der Waals surface area (Å²) < 4.78 is 5.01. The zero-order chi connectivity index (χ0) is 10.2. The van der Waals surface area contributed by atoms with Crippen LogP contribution in [0.3, 0.4) is 0 Å². The summed E-state index contributed by atoms with van der Waals surface area (Å²) in [6.45, 7) is 5.59. The van der Waals surface area contributed by atoms with Gasteiger partial charge in [0.1, 0.15) is 6.61 Å². The van der Waals surface area contributed by atoms with E-state index in [0.717, 1.165) is 19.6 Å². The highest BCUT2D eigenvalue weighted by Crippen LogP contribution is 2.07. The van der Waals surface area contributed by atoms with Gasteiger partial charge in [-0.05, 0) is 38.8 Å². The van der Waals surface area contributed by atoms with Crippen molar-refractivity contribution >= 4 is 5.91 Å². The molecule has 1 atom stereocenters. The van der Waals surface area contributed by atoms with Crippen molar-refractivity contribution in [3.63, 3.8) is 0 Å². The van der Waals surface area contributed by atoms with Gasteiger partial charge in [0, 0.05) is 13.2 Å². The minimum absolute atomic E-state index is 0.00239. The molecule has 1 unspecified atom stereocenters.